The van der Waals surface area contributed by atoms with Crippen molar-refractivity contribution < 1.29 is 14.3 Å². The Morgan fingerprint density at radius 2 is 1.72 bits per heavy atom. The van der Waals surface area contributed by atoms with Crippen molar-refractivity contribution in [2.75, 3.05) is 14.2 Å². The van der Waals surface area contributed by atoms with Crippen molar-refractivity contribution in [1.82, 2.24) is 9.88 Å². The van der Waals surface area contributed by atoms with Gasteiger partial charge in [-0.3, -0.25) is 9.78 Å². The van der Waals surface area contributed by atoms with Crippen LogP contribution in [0.25, 0.3) is 0 Å². The maximum atomic E-state index is 12.8. The van der Waals surface area contributed by atoms with Gasteiger partial charge in [-0.25, -0.2) is 0 Å². The van der Waals surface area contributed by atoms with E-state index in [0.717, 1.165) is 33.9 Å². The number of carbonyl (C=O) groups is 1. The Labute approximate surface area is 171 Å². The van der Waals surface area contributed by atoms with Crippen LogP contribution < -0.4 is 9.47 Å². The standard InChI is InChI=1S/C24H26N2O3/c1-17-14-25-22(18(2)23(17)28-4)15-26(3)24(27)20-12-10-19(11-13-20)16-29-21-8-6-5-7-9-21/h5-14H,15-16H2,1-4H3. The van der Waals surface area contributed by atoms with Crippen molar-refractivity contribution in [1.29, 1.82) is 0 Å². The molecule has 3 aromatic rings. The summed E-state index contributed by atoms with van der Waals surface area (Å²) in [5, 5.41) is 0. The normalized spacial score (nSPS) is 10.5. The van der Waals surface area contributed by atoms with Crippen LogP contribution in [0.4, 0.5) is 0 Å². The summed E-state index contributed by atoms with van der Waals surface area (Å²) in [6, 6.07) is 17.2. The van der Waals surface area contributed by atoms with E-state index in [-0.39, 0.29) is 5.91 Å². The Morgan fingerprint density at radius 3 is 2.38 bits per heavy atom. The highest BCUT2D eigenvalue weighted by Crippen LogP contribution is 2.25. The highest BCUT2D eigenvalue weighted by molar-refractivity contribution is 5.94. The summed E-state index contributed by atoms with van der Waals surface area (Å²) in [5.74, 6) is 1.59. The fraction of sp³-hybridized carbons (Fsp3) is 0.250. The number of nitrogens with zero attached hydrogens (tertiary/aromatic N) is 2. The van der Waals surface area contributed by atoms with E-state index < -0.39 is 0 Å². The maximum Gasteiger partial charge on any atom is 0.253 e. The predicted octanol–water partition coefficient (Wildman–Crippen LogP) is 4.56. The van der Waals surface area contributed by atoms with E-state index in [2.05, 4.69) is 4.98 Å². The number of pyridine rings is 1. The third-order valence-corrected chi connectivity index (χ3v) is 4.83. The molecule has 0 saturated heterocycles. The minimum absolute atomic E-state index is 0.0544. The van der Waals surface area contributed by atoms with E-state index in [1.165, 1.54) is 0 Å². The number of rotatable bonds is 7. The SMILES string of the molecule is COc1c(C)cnc(CN(C)C(=O)c2ccc(COc3ccccc3)cc2)c1C. The highest BCUT2D eigenvalue weighted by Gasteiger charge is 2.16. The van der Waals surface area contributed by atoms with Gasteiger partial charge in [0, 0.05) is 29.9 Å². The van der Waals surface area contributed by atoms with Crippen LogP contribution >= 0.6 is 0 Å². The molecule has 0 fully saturated rings. The van der Waals surface area contributed by atoms with Crippen molar-refractivity contribution >= 4 is 5.91 Å². The van der Waals surface area contributed by atoms with E-state index in [1.807, 2.05) is 68.4 Å². The van der Waals surface area contributed by atoms with E-state index in [1.54, 1.807) is 25.3 Å². The Bertz CT molecular complexity index is 969. The van der Waals surface area contributed by atoms with Gasteiger partial charge in [0.15, 0.2) is 0 Å². The number of aryl methyl sites for hydroxylation is 1. The lowest BCUT2D eigenvalue weighted by molar-refractivity contribution is 0.0783. The van der Waals surface area contributed by atoms with E-state index in [9.17, 15) is 4.79 Å². The number of benzene rings is 2. The number of para-hydroxylation sites is 1. The molecule has 0 bridgehead atoms. The van der Waals surface area contributed by atoms with Crippen LogP contribution in [0.5, 0.6) is 11.5 Å². The molecule has 150 valence electrons. The highest BCUT2D eigenvalue weighted by atomic mass is 16.5. The van der Waals surface area contributed by atoms with Gasteiger partial charge in [0.1, 0.15) is 18.1 Å². The minimum atomic E-state index is -0.0544. The summed E-state index contributed by atoms with van der Waals surface area (Å²) >= 11 is 0. The number of carbonyl (C=O) groups excluding carboxylic acids is 1. The average Bonchev–Trinajstić information content (AvgIpc) is 2.75. The van der Waals surface area contributed by atoms with Gasteiger partial charge in [0.05, 0.1) is 19.3 Å². The molecule has 1 heterocycles. The van der Waals surface area contributed by atoms with Crippen molar-refractivity contribution in [3.8, 4) is 11.5 Å². The zero-order valence-electron chi connectivity index (χ0n) is 17.3. The maximum absolute atomic E-state index is 12.8. The van der Waals surface area contributed by atoms with E-state index in [4.69, 9.17) is 9.47 Å². The second-order valence-corrected chi connectivity index (χ2v) is 7.01. The van der Waals surface area contributed by atoms with E-state index >= 15 is 0 Å². The molecule has 0 atom stereocenters. The van der Waals surface area contributed by atoms with Crippen molar-refractivity contribution in [2.24, 2.45) is 0 Å². The molecule has 0 unspecified atom stereocenters. The fourth-order valence-electron chi connectivity index (χ4n) is 3.17. The molecular formula is C24H26N2O3. The Hall–Kier alpha value is -3.34. The Kier molecular flexibility index (Phi) is 6.50. The lowest BCUT2D eigenvalue weighted by atomic mass is 10.1. The van der Waals surface area contributed by atoms with Gasteiger partial charge < -0.3 is 14.4 Å². The van der Waals surface area contributed by atoms with Gasteiger partial charge in [0.2, 0.25) is 0 Å². The summed E-state index contributed by atoms with van der Waals surface area (Å²) < 4.78 is 11.2. The van der Waals surface area contributed by atoms with Crippen LogP contribution in [0.2, 0.25) is 0 Å². The summed E-state index contributed by atoms with van der Waals surface area (Å²) in [7, 11) is 3.43. The lowest BCUT2D eigenvalue weighted by Crippen LogP contribution is -2.27. The van der Waals surface area contributed by atoms with Gasteiger partial charge >= 0.3 is 0 Å². The van der Waals surface area contributed by atoms with Crippen LogP contribution in [0.3, 0.4) is 0 Å². The monoisotopic (exact) mass is 390 g/mol. The zero-order valence-corrected chi connectivity index (χ0v) is 17.3. The van der Waals surface area contributed by atoms with Gasteiger partial charge in [-0.2, -0.15) is 0 Å². The fourth-order valence-corrected chi connectivity index (χ4v) is 3.17. The molecule has 1 aromatic heterocycles. The molecular weight excluding hydrogens is 364 g/mol. The topological polar surface area (TPSA) is 51.7 Å². The second-order valence-electron chi connectivity index (χ2n) is 7.01. The van der Waals surface area contributed by atoms with Crippen LogP contribution in [-0.4, -0.2) is 29.9 Å². The molecule has 5 nitrogen and oxygen atoms in total. The molecule has 0 spiro atoms. The van der Waals surface area contributed by atoms with E-state index in [0.29, 0.717) is 18.7 Å². The third kappa shape index (κ3) is 4.93. The van der Waals surface area contributed by atoms with Gasteiger partial charge in [-0.05, 0) is 43.7 Å². The molecule has 0 aliphatic carbocycles. The van der Waals surface area contributed by atoms with Crippen LogP contribution in [-0.2, 0) is 13.2 Å². The smallest absolute Gasteiger partial charge is 0.253 e. The number of methoxy groups -OCH3 is 1. The third-order valence-electron chi connectivity index (χ3n) is 4.83. The molecule has 29 heavy (non-hydrogen) atoms. The molecule has 0 radical (unpaired) electrons. The van der Waals surface area contributed by atoms with Gasteiger partial charge in [-0.15, -0.1) is 0 Å². The van der Waals surface area contributed by atoms with Crippen LogP contribution in [0.15, 0.2) is 60.8 Å². The first-order chi connectivity index (χ1) is 14.0. The summed E-state index contributed by atoms with van der Waals surface area (Å²) in [6.07, 6.45) is 1.78. The summed E-state index contributed by atoms with van der Waals surface area (Å²) in [5.41, 5.74) is 4.41. The molecule has 5 heteroatoms. The first-order valence-corrected chi connectivity index (χ1v) is 9.51. The van der Waals surface area contributed by atoms with Crippen LogP contribution in [0, 0.1) is 13.8 Å². The number of hydrogen-bond donors (Lipinski definition) is 0. The molecule has 2 aromatic carbocycles. The molecule has 0 saturated carbocycles. The number of amides is 1. The quantitative estimate of drug-likeness (QED) is 0.593. The molecule has 0 aliphatic rings. The van der Waals surface area contributed by atoms with Crippen molar-refractivity contribution in [3.05, 3.63) is 88.7 Å². The number of ether oxygens (including phenoxy) is 2. The first-order valence-electron chi connectivity index (χ1n) is 9.51. The predicted molar refractivity (Wildman–Crippen MR) is 113 cm³/mol. The Balaban J connectivity index is 1.64. The van der Waals surface area contributed by atoms with Crippen molar-refractivity contribution in [2.45, 2.75) is 27.0 Å². The van der Waals surface area contributed by atoms with Crippen molar-refractivity contribution in [3.63, 3.8) is 0 Å². The largest absolute Gasteiger partial charge is 0.496 e. The van der Waals surface area contributed by atoms with Gasteiger partial charge in [0.25, 0.3) is 5.91 Å². The second kappa shape index (κ2) is 9.24. The molecule has 3 rings (SSSR count). The molecule has 0 aliphatic heterocycles. The average molecular weight is 390 g/mol. The lowest BCUT2D eigenvalue weighted by Gasteiger charge is -2.19. The Morgan fingerprint density at radius 1 is 1.03 bits per heavy atom. The first kappa shape index (κ1) is 20.4. The molecule has 0 N–H and O–H groups in total. The minimum Gasteiger partial charge on any atom is -0.496 e. The summed E-state index contributed by atoms with van der Waals surface area (Å²) in [4.78, 5) is 19.0. The van der Waals surface area contributed by atoms with Crippen LogP contribution in [0.1, 0.15) is 32.7 Å². The number of aromatic nitrogens is 1. The van der Waals surface area contributed by atoms with Gasteiger partial charge in [-0.1, -0.05) is 30.3 Å². The summed E-state index contributed by atoms with van der Waals surface area (Å²) in [6.45, 7) is 4.80. The molecule has 1 amide bonds. The number of hydrogen-bond acceptors (Lipinski definition) is 4. The zero-order chi connectivity index (χ0) is 20.8.